The van der Waals surface area contributed by atoms with Crippen LogP contribution in [0.15, 0.2) is 18.2 Å². The molecule has 0 aliphatic rings. The lowest BCUT2D eigenvalue weighted by atomic mass is 10.1. The lowest BCUT2D eigenvalue weighted by Crippen LogP contribution is -2.04. The third-order valence-corrected chi connectivity index (χ3v) is 2.61. The minimum Gasteiger partial charge on any atom is -0.493 e. The summed E-state index contributed by atoms with van der Waals surface area (Å²) in [7, 11) is 0. The summed E-state index contributed by atoms with van der Waals surface area (Å²) in [5.74, 6) is 1.34. The van der Waals surface area contributed by atoms with Gasteiger partial charge in [0.15, 0.2) is 0 Å². The Labute approximate surface area is 102 Å². The van der Waals surface area contributed by atoms with Crippen LogP contribution in [0.5, 0.6) is 5.75 Å². The third kappa shape index (κ3) is 4.03. The van der Waals surface area contributed by atoms with Crippen LogP contribution < -0.4 is 4.74 Å². The van der Waals surface area contributed by atoms with E-state index in [4.69, 9.17) is 16.3 Å². The standard InChI is InChI=1S/C13H19ClO2/c1-9(2)6-7-16-13-5-4-11(14)8-12(13)10(3)15/h4-5,8-10,15H,6-7H2,1-3H3/t10-/m1/s1. The Hall–Kier alpha value is -0.730. The highest BCUT2D eigenvalue weighted by Gasteiger charge is 2.10. The zero-order valence-corrected chi connectivity index (χ0v) is 10.8. The fraction of sp³-hybridized carbons (Fsp3) is 0.538. The van der Waals surface area contributed by atoms with Crippen molar-refractivity contribution in [2.75, 3.05) is 6.61 Å². The Balaban J connectivity index is 2.71. The highest BCUT2D eigenvalue weighted by Crippen LogP contribution is 2.28. The van der Waals surface area contributed by atoms with Crippen molar-refractivity contribution >= 4 is 11.6 Å². The fourth-order valence-electron chi connectivity index (χ4n) is 1.38. The van der Waals surface area contributed by atoms with E-state index in [1.807, 2.05) is 6.07 Å². The van der Waals surface area contributed by atoms with Crippen LogP contribution in [-0.2, 0) is 0 Å². The van der Waals surface area contributed by atoms with Crippen molar-refractivity contribution in [3.05, 3.63) is 28.8 Å². The van der Waals surface area contributed by atoms with Crippen LogP contribution in [0.2, 0.25) is 5.02 Å². The van der Waals surface area contributed by atoms with E-state index in [1.54, 1.807) is 19.1 Å². The molecule has 0 bridgehead atoms. The van der Waals surface area contributed by atoms with Crippen molar-refractivity contribution in [1.29, 1.82) is 0 Å². The van der Waals surface area contributed by atoms with Crippen molar-refractivity contribution in [1.82, 2.24) is 0 Å². The molecule has 1 N–H and O–H groups in total. The summed E-state index contributed by atoms with van der Waals surface area (Å²) >= 11 is 5.88. The van der Waals surface area contributed by atoms with Gasteiger partial charge in [0.1, 0.15) is 5.75 Å². The maximum absolute atomic E-state index is 9.60. The van der Waals surface area contributed by atoms with Crippen molar-refractivity contribution in [3.63, 3.8) is 0 Å². The largest absolute Gasteiger partial charge is 0.493 e. The Morgan fingerprint density at radius 3 is 2.56 bits per heavy atom. The van der Waals surface area contributed by atoms with Gasteiger partial charge in [-0.05, 0) is 37.5 Å². The van der Waals surface area contributed by atoms with Crippen molar-refractivity contribution < 1.29 is 9.84 Å². The normalized spacial score (nSPS) is 12.9. The molecule has 0 saturated heterocycles. The molecular weight excluding hydrogens is 224 g/mol. The molecule has 0 spiro atoms. The Morgan fingerprint density at radius 1 is 1.31 bits per heavy atom. The summed E-state index contributed by atoms with van der Waals surface area (Å²) in [5, 5.41) is 10.2. The van der Waals surface area contributed by atoms with Gasteiger partial charge in [0.05, 0.1) is 12.7 Å². The number of aliphatic hydroxyl groups is 1. The van der Waals surface area contributed by atoms with Crippen LogP contribution in [0, 0.1) is 5.92 Å². The van der Waals surface area contributed by atoms with E-state index in [-0.39, 0.29) is 0 Å². The maximum Gasteiger partial charge on any atom is 0.125 e. The molecule has 16 heavy (non-hydrogen) atoms. The Kier molecular flexibility index (Phi) is 5.10. The van der Waals surface area contributed by atoms with Crippen LogP contribution in [0.1, 0.15) is 38.9 Å². The van der Waals surface area contributed by atoms with Crippen molar-refractivity contribution in [2.45, 2.75) is 33.3 Å². The molecule has 2 nitrogen and oxygen atoms in total. The number of hydrogen-bond donors (Lipinski definition) is 1. The molecule has 0 amide bonds. The van der Waals surface area contributed by atoms with Gasteiger partial charge in [-0.3, -0.25) is 0 Å². The molecule has 0 aliphatic carbocycles. The van der Waals surface area contributed by atoms with Gasteiger partial charge < -0.3 is 9.84 Å². The quantitative estimate of drug-likeness (QED) is 0.851. The van der Waals surface area contributed by atoms with E-state index in [1.165, 1.54) is 0 Å². The van der Waals surface area contributed by atoms with Crippen LogP contribution in [0.4, 0.5) is 0 Å². The monoisotopic (exact) mass is 242 g/mol. The fourth-order valence-corrected chi connectivity index (χ4v) is 1.56. The molecule has 0 radical (unpaired) electrons. The topological polar surface area (TPSA) is 29.5 Å². The minimum absolute atomic E-state index is 0.562. The van der Waals surface area contributed by atoms with Crippen molar-refractivity contribution in [2.24, 2.45) is 5.92 Å². The number of ether oxygens (including phenoxy) is 1. The Morgan fingerprint density at radius 2 is 2.00 bits per heavy atom. The first kappa shape index (κ1) is 13.3. The van der Waals surface area contributed by atoms with E-state index in [2.05, 4.69) is 13.8 Å². The van der Waals surface area contributed by atoms with E-state index in [0.717, 1.165) is 17.7 Å². The zero-order valence-electron chi connectivity index (χ0n) is 10.0. The van der Waals surface area contributed by atoms with Crippen molar-refractivity contribution in [3.8, 4) is 5.75 Å². The van der Waals surface area contributed by atoms with E-state index in [0.29, 0.717) is 17.5 Å². The molecule has 1 rings (SSSR count). The first-order valence-corrected chi connectivity index (χ1v) is 5.98. The molecule has 0 aliphatic heterocycles. The van der Waals surface area contributed by atoms with Gasteiger partial charge in [-0.2, -0.15) is 0 Å². The lowest BCUT2D eigenvalue weighted by Gasteiger charge is -2.14. The molecule has 0 heterocycles. The predicted molar refractivity (Wildman–Crippen MR) is 67.0 cm³/mol. The highest BCUT2D eigenvalue weighted by molar-refractivity contribution is 6.30. The van der Waals surface area contributed by atoms with Gasteiger partial charge in [0, 0.05) is 10.6 Å². The molecule has 3 heteroatoms. The molecule has 90 valence electrons. The van der Waals surface area contributed by atoms with Crippen LogP contribution in [-0.4, -0.2) is 11.7 Å². The summed E-state index contributed by atoms with van der Waals surface area (Å²) in [4.78, 5) is 0. The molecule has 0 aromatic heterocycles. The summed E-state index contributed by atoms with van der Waals surface area (Å²) in [6, 6.07) is 5.33. The maximum atomic E-state index is 9.60. The van der Waals surface area contributed by atoms with E-state index in [9.17, 15) is 5.11 Å². The molecule has 0 saturated carbocycles. The van der Waals surface area contributed by atoms with Crippen LogP contribution in [0.3, 0.4) is 0 Å². The summed E-state index contributed by atoms with van der Waals surface area (Å²) < 4.78 is 5.65. The number of rotatable bonds is 5. The van der Waals surface area contributed by atoms with Gasteiger partial charge in [0.2, 0.25) is 0 Å². The molecule has 1 atom stereocenters. The number of halogens is 1. The smallest absolute Gasteiger partial charge is 0.125 e. The Bertz CT molecular complexity index is 335. The van der Waals surface area contributed by atoms with Crippen LogP contribution in [0.25, 0.3) is 0 Å². The highest BCUT2D eigenvalue weighted by atomic mass is 35.5. The predicted octanol–water partition coefficient (Wildman–Crippen LogP) is 3.82. The van der Waals surface area contributed by atoms with E-state index < -0.39 is 6.10 Å². The first-order valence-electron chi connectivity index (χ1n) is 5.61. The molecule has 0 unspecified atom stereocenters. The second-order valence-corrected chi connectivity index (χ2v) is 4.83. The lowest BCUT2D eigenvalue weighted by molar-refractivity contribution is 0.190. The first-order chi connectivity index (χ1) is 7.50. The van der Waals surface area contributed by atoms with Gasteiger partial charge >= 0.3 is 0 Å². The van der Waals surface area contributed by atoms with Crippen LogP contribution >= 0.6 is 11.6 Å². The zero-order chi connectivity index (χ0) is 12.1. The molecule has 0 fully saturated rings. The summed E-state index contributed by atoms with van der Waals surface area (Å²) in [6.45, 7) is 6.68. The minimum atomic E-state index is -0.562. The van der Waals surface area contributed by atoms with Gasteiger partial charge in [-0.25, -0.2) is 0 Å². The van der Waals surface area contributed by atoms with Gasteiger partial charge in [-0.1, -0.05) is 25.4 Å². The molecule has 1 aromatic rings. The number of aliphatic hydroxyl groups excluding tert-OH is 1. The number of benzene rings is 1. The molecular formula is C13H19ClO2. The summed E-state index contributed by atoms with van der Waals surface area (Å²) in [6.07, 6.45) is 0.440. The summed E-state index contributed by atoms with van der Waals surface area (Å²) in [5.41, 5.74) is 0.747. The van der Waals surface area contributed by atoms with Gasteiger partial charge in [-0.15, -0.1) is 0 Å². The average Bonchev–Trinajstić information content (AvgIpc) is 2.19. The average molecular weight is 243 g/mol. The van der Waals surface area contributed by atoms with Gasteiger partial charge in [0.25, 0.3) is 0 Å². The number of hydrogen-bond acceptors (Lipinski definition) is 2. The van der Waals surface area contributed by atoms with E-state index >= 15 is 0 Å². The third-order valence-electron chi connectivity index (χ3n) is 2.37. The molecule has 1 aromatic carbocycles. The SMILES string of the molecule is CC(C)CCOc1ccc(Cl)cc1[C@@H](C)O. The second kappa shape index (κ2) is 6.12. The second-order valence-electron chi connectivity index (χ2n) is 4.39.